The van der Waals surface area contributed by atoms with Crippen LogP contribution >= 0.6 is 0 Å². The van der Waals surface area contributed by atoms with Crippen molar-refractivity contribution in [3.8, 4) is 0 Å². The summed E-state index contributed by atoms with van der Waals surface area (Å²) in [6.07, 6.45) is 0.948. The first-order valence-electron chi connectivity index (χ1n) is 6.42. The van der Waals surface area contributed by atoms with Crippen LogP contribution in [0.1, 0.15) is 40.5 Å². The fraction of sp³-hybridized carbons (Fsp3) is 0.769. The van der Waals surface area contributed by atoms with Crippen LogP contribution in [0.5, 0.6) is 0 Å². The van der Waals surface area contributed by atoms with Gasteiger partial charge in [0, 0.05) is 6.42 Å². The number of carbonyl (C=O) groups is 3. The summed E-state index contributed by atoms with van der Waals surface area (Å²) < 4.78 is 4.82. The molecule has 0 aromatic rings. The third-order valence-corrected chi connectivity index (χ3v) is 2.45. The van der Waals surface area contributed by atoms with Crippen molar-refractivity contribution in [3.05, 3.63) is 0 Å². The van der Waals surface area contributed by atoms with Crippen LogP contribution in [0, 0.1) is 11.8 Å². The summed E-state index contributed by atoms with van der Waals surface area (Å²) in [6, 6.07) is -1.19. The molecule has 0 aliphatic heterocycles. The first-order valence-corrected chi connectivity index (χ1v) is 6.42. The van der Waals surface area contributed by atoms with Crippen molar-refractivity contribution in [2.45, 2.75) is 46.6 Å². The normalized spacial score (nSPS) is 12.3. The van der Waals surface area contributed by atoms with Crippen molar-refractivity contribution in [2.24, 2.45) is 11.8 Å². The molecule has 0 saturated carbocycles. The minimum absolute atomic E-state index is 0.263. The summed E-state index contributed by atoms with van der Waals surface area (Å²) in [7, 11) is 0. The second-order valence-corrected chi connectivity index (χ2v) is 5.18. The molecule has 0 fully saturated rings. The second kappa shape index (κ2) is 8.50. The molecule has 0 unspecified atom stereocenters. The van der Waals surface area contributed by atoms with Crippen LogP contribution in [0.2, 0.25) is 0 Å². The monoisotopic (exact) mass is 273 g/mol. The SMILES string of the molecule is CC(C)CCC(=O)N[C@@H](COC(=O)C(C)C)C(=O)O. The van der Waals surface area contributed by atoms with E-state index in [1.165, 1.54) is 0 Å². The lowest BCUT2D eigenvalue weighted by atomic mass is 10.1. The summed E-state index contributed by atoms with van der Waals surface area (Å²) in [4.78, 5) is 33.7. The summed E-state index contributed by atoms with van der Waals surface area (Å²) in [5.74, 6) is -2.00. The van der Waals surface area contributed by atoms with E-state index in [9.17, 15) is 14.4 Å². The van der Waals surface area contributed by atoms with E-state index >= 15 is 0 Å². The Morgan fingerprint density at radius 2 is 1.74 bits per heavy atom. The first-order chi connectivity index (χ1) is 8.73. The lowest BCUT2D eigenvalue weighted by Gasteiger charge is -2.16. The van der Waals surface area contributed by atoms with Gasteiger partial charge in [0.2, 0.25) is 5.91 Å². The number of amides is 1. The number of ether oxygens (including phenoxy) is 1. The lowest BCUT2D eigenvalue weighted by molar-refractivity contribution is -0.152. The van der Waals surface area contributed by atoms with E-state index in [0.29, 0.717) is 12.3 Å². The van der Waals surface area contributed by atoms with Gasteiger partial charge in [-0.3, -0.25) is 9.59 Å². The number of nitrogens with one attached hydrogen (secondary N) is 1. The number of aliphatic carboxylic acids is 1. The van der Waals surface area contributed by atoms with Crippen LogP contribution in [-0.2, 0) is 19.1 Å². The van der Waals surface area contributed by atoms with Gasteiger partial charge in [0.25, 0.3) is 0 Å². The quantitative estimate of drug-likeness (QED) is 0.648. The van der Waals surface area contributed by atoms with Gasteiger partial charge in [0.05, 0.1) is 5.92 Å². The molecule has 6 nitrogen and oxygen atoms in total. The van der Waals surface area contributed by atoms with E-state index in [-0.39, 0.29) is 24.9 Å². The first kappa shape index (κ1) is 17.4. The van der Waals surface area contributed by atoms with Crippen molar-refractivity contribution in [2.75, 3.05) is 6.61 Å². The molecule has 0 bridgehead atoms. The van der Waals surface area contributed by atoms with E-state index in [1.54, 1.807) is 13.8 Å². The molecule has 0 saturated heterocycles. The molecule has 0 aromatic heterocycles. The van der Waals surface area contributed by atoms with Gasteiger partial charge in [0.15, 0.2) is 6.04 Å². The third kappa shape index (κ3) is 8.18. The Morgan fingerprint density at radius 3 is 2.16 bits per heavy atom. The lowest BCUT2D eigenvalue weighted by Crippen LogP contribution is -2.44. The summed E-state index contributed by atoms with van der Waals surface area (Å²) >= 11 is 0. The molecule has 19 heavy (non-hydrogen) atoms. The number of carbonyl (C=O) groups excluding carboxylic acids is 2. The van der Waals surface area contributed by atoms with E-state index in [4.69, 9.17) is 9.84 Å². The van der Waals surface area contributed by atoms with Gasteiger partial charge in [0.1, 0.15) is 6.61 Å². The van der Waals surface area contributed by atoms with Crippen molar-refractivity contribution < 1.29 is 24.2 Å². The summed E-state index contributed by atoms with van der Waals surface area (Å²) in [5, 5.41) is 11.3. The van der Waals surface area contributed by atoms with Crippen molar-refractivity contribution in [3.63, 3.8) is 0 Å². The Balaban J connectivity index is 4.23. The van der Waals surface area contributed by atoms with Crippen molar-refractivity contribution in [1.82, 2.24) is 5.32 Å². The Bertz CT molecular complexity index is 325. The highest BCUT2D eigenvalue weighted by Crippen LogP contribution is 2.03. The van der Waals surface area contributed by atoms with Crippen molar-refractivity contribution >= 4 is 17.8 Å². The Hall–Kier alpha value is -1.59. The molecular weight excluding hydrogens is 250 g/mol. The highest BCUT2D eigenvalue weighted by atomic mass is 16.5. The van der Waals surface area contributed by atoms with Crippen LogP contribution in [0.25, 0.3) is 0 Å². The highest BCUT2D eigenvalue weighted by molar-refractivity contribution is 5.83. The predicted molar refractivity (Wildman–Crippen MR) is 69.4 cm³/mol. The molecule has 2 N–H and O–H groups in total. The average Bonchev–Trinajstić information content (AvgIpc) is 2.30. The van der Waals surface area contributed by atoms with Crippen LogP contribution in [0.15, 0.2) is 0 Å². The number of carboxylic acids is 1. The minimum Gasteiger partial charge on any atom is -0.480 e. The maximum atomic E-state index is 11.5. The standard InChI is InChI=1S/C13H23NO5/c1-8(2)5-6-11(15)14-10(12(16)17)7-19-13(18)9(3)4/h8-10H,5-7H2,1-4H3,(H,14,15)(H,16,17)/t10-/m0/s1. The summed E-state index contributed by atoms with van der Waals surface area (Å²) in [5.41, 5.74) is 0. The Morgan fingerprint density at radius 1 is 1.16 bits per heavy atom. The number of esters is 1. The van der Waals surface area contributed by atoms with E-state index < -0.39 is 18.0 Å². The smallest absolute Gasteiger partial charge is 0.329 e. The molecule has 0 radical (unpaired) electrons. The molecule has 6 heteroatoms. The fourth-order valence-electron chi connectivity index (χ4n) is 1.19. The zero-order chi connectivity index (χ0) is 15.0. The van der Waals surface area contributed by atoms with E-state index in [1.807, 2.05) is 13.8 Å². The number of rotatable bonds is 8. The molecule has 0 spiro atoms. The Labute approximate surface area is 113 Å². The van der Waals surface area contributed by atoms with Gasteiger partial charge >= 0.3 is 11.9 Å². The van der Waals surface area contributed by atoms with Gasteiger partial charge in [-0.1, -0.05) is 27.7 Å². The van der Waals surface area contributed by atoms with Crippen LogP contribution in [0.3, 0.4) is 0 Å². The number of hydrogen-bond donors (Lipinski definition) is 2. The molecule has 110 valence electrons. The number of carboxylic acid groups (broad SMARTS) is 1. The molecule has 0 aliphatic carbocycles. The molecule has 1 amide bonds. The van der Waals surface area contributed by atoms with Gasteiger partial charge in [-0.15, -0.1) is 0 Å². The molecule has 0 heterocycles. The van der Waals surface area contributed by atoms with Crippen LogP contribution < -0.4 is 5.32 Å². The zero-order valence-corrected chi connectivity index (χ0v) is 11.9. The Kier molecular flexibility index (Phi) is 7.79. The van der Waals surface area contributed by atoms with Crippen LogP contribution in [-0.4, -0.2) is 35.6 Å². The fourth-order valence-corrected chi connectivity index (χ4v) is 1.19. The predicted octanol–water partition coefficient (Wildman–Crippen LogP) is 1.19. The van der Waals surface area contributed by atoms with Gasteiger partial charge in [-0.2, -0.15) is 0 Å². The van der Waals surface area contributed by atoms with Gasteiger partial charge in [-0.25, -0.2) is 4.79 Å². The van der Waals surface area contributed by atoms with Crippen molar-refractivity contribution in [1.29, 1.82) is 0 Å². The second-order valence-electron chi connectivity index (χ2n) is 5.18. The molecule has 0 aromatic carbocycles. The van der Waals surface area contributed by atoms with E-state index in [2.05, 4.69) is 5.32 Å². The topological polar surface area (TPSA) is 92.7 Å². The minimum atomic E-state index is -1.21. The average molecular weight is 273 g/mol. The maximum absolute atomic E-state index is 11.5. The van der Waals surface area contributed by atoms with Crippen LogP contribution in [0.4, 0.5) is 0 Å². The maximum Gasteiger partial charge on any atom is 0.329 e. The summed E-state index contributed by atoms with van der Waals surface area (Å²) in [6.45, 7) is 6.91. The molecular formula is C13H23NO5. The molecule has 0 rings (SSSR count). The highest BCUT2D eigenvalue weighted by Gasteiger charge is 2.22. The molecule has 0 aliphatic rings. The zero-order valence-electron chi connectivity index (χ0n) is 11.9. The molecule has 1 atom stereocenters. The van der Waals surface area contributed by atoms with Gasteiger partial charge < -0.3 is 15.2 Å². The van der Waals surface area contributed by atoms with Gasteiger partial charge in [-0.05, 0) is 12.3 Å². The largest absolute Gasteiger partial charge is 0.480 e. The number of hydrogen-bond acceptors (Lipinski definition) is 4. The van der Waals surface area contributed by atoms with E-state index in [0.717, 1.165) is 0 Å². The third-order valence-electron chi connectivity index (χ3n) is 2.45.